The summed E-state index contributed by atoms with van der Waals surface area (Å²) in [4.78, 5) is 18.4. The first-order valence-corrected chi connectivity index (χ1v) is 10.3. The number of anilines is 1. The zero-order valence-corrected chi connectivity index (χ0v) is 15.8. The Morgan fingerprint density at radius 2 is 1.78 bits per heavy atom. The second-order valence-electron chi connectivity index (χ2n) is 6.55. The smallest absolute Gasteiger partial charge is 0.326 e. The molecule has 1 aromatic heterocycles. The minimum absolute atomic E-state index is 0.0660. The number of pyridine rings is 1. The molecule has 0 saturated carbocycles. The molecular formula is C18H24N5O3S+. The van der Waals surface area contributed by atoms with E-state index in [2.05, 4.69) is 15.2 Å². The lowest BCUT2D eigenvalue weighted by molar-refractivity contribution is -0.116. The van der Waals surface area contributed by atoms with Crippen molar-refractivity contribution in [2.24, 2.45) is 5.14 Å². The lowest BCUT2D eigenvalue weighted by atomic mass is 10.2. The molecule has 1 aliphatic heterocycles. The normalized spacial score (nSPS) is 17.4. The van der Waals surface area contributed by atoms with Crippen molar-refractivity contribution in [1.29, 1.82) is 0 Å². The Morgan fingerprint density at radius 1 is 1.11 bits per heavy atom. The number of aromatic nitrogens is 1. The largest absolute Gasteiger partial charge is 0.373 e. The molecule has 3 N–H and O–H groups in total. The van der Waals surface area contributed by atoms with Gasteiger partial charge in [-0.05, 0) is 18.2 Å². The molecule has 1 aliphatic rings. The molecule has 1 saturated heterocycles. The number of nitrogens with one attached hydrogen (secondary N) is 1. The van der Waals surface area contributed by atoms with Crippen LogP contribution in [0.3, 0.4) is 0 Å². The molecule has 0 radical (unpaired) electrons. The monoisotopic (exact) mass is 390 g/mol. The second kappa shape index (κ2) is 8.13. The maximum absolute atomic E-state index is 12.3. The summed E-state index contributed by atoms with van der Waals surface area (Å²) >= 11 is 0. The average Bonchev–Trinajstić information content (AvgIpc) is 2.67. The fourth-order valence-corrected chi connectivity index (χ4v) is 4.31. The predicted octanol–water partition coefficient (Wildman–Crippen LogP) is 0.937. The van der Waals surface area contributed by atoms with Gasteiger partial charge < -0.3 is 5.32 Å². The summed E-state index contributed by atoms with van der Waals surface area (Å²) in [5.41, 5.74) is 0.765. The maximum Gasteiger partial charge on any atom is 0.373 e. The number of para-hydroxylation sites is 1. The molecule has 0 unspecified atom stereocenters. The van der Waals surface area contributed by atoms with Gasteiger partial charge in [0, 0.05) is 44.0 Å². The first-order valence-electron chi connectivity index (χ1n) is 8.80. The van der Waals surface area contributed by atoms with Crippen molar-refractivity contribution in [2.45, 2.75) is 6.42 Å². The lowest BCUT2D eigenvalue weighted by Crippen LogP contribution is -2.66. The van der Waals surface area contributed by atoms with Crippen LogP contribution in [0.2, 0.25) is 0 Å². The molecule has 0 bridgehead atoms. The highest BCUT2D eigenvalue weighted by Gasteiger charge is 2.45. The van der Waals surface area contributed by atoms with Gasteiger partial charge in [-0.15, -0.1) is 0 Å². The van der Waals surface area contributed by atoms with E-state index in [9.17, 15) is 13.2 Å². The van der Waals surface area contributed by atoms with Crippen LogP contribution < -0.4 is 14.3 Å². The molecule has 0 atom stereocenters. The molecule has 9 heteroatoms. The molecule has 1 fully saturated rings. The van der Waals surface area contributed by atoms with Gasteiger partial charge in [0.05, 0.1) is 0 Å². The topological polar surface area (TPSA) is 105 Å². The van der Waals surface area contributed by atoms with Crippen molar-refractivity contribution in [1.82, 2.24) is 13.8 Å². The number of quaternary nitrogens is 1. The molecular weight excluding hydrogens is 366 g/mol. The van der Waals surface area contributed by atoms with Gasteiger partial charge in [0.25, 0.3) is 0 Å². The Balaban J connectivity index is 1.58. The third-order valence-electron chi connectivity index (χ3n) is 4.82. The summed E-state index contributed by atoms with van der Waals surface area (Å²) in [6.07, 6.45) is 1.91. The Bertz CT molecular complexity index is 866. The first-order chi connectivity index (χ1) is 12.9. The molecule has 1 amide bonds. The summed E-state index contributed by atoms with van der Waals surface area (Å²) in [5, 5.41) is 8.41. The summed E-state index contributed by atoms with van der Waals surface area (Å²) in [5.74, 6) is 0.366. The van der Waals surface area contributed by atoms with E-state index in [1.165, 1.54) is 0 Å². The van der Waals surface area contributed by atoms with E-state index >= 15 is 0 Å². The van der Waals surface area contributed by atoms with Crippen LogP contribution in [0.1, 0.15) is 6.42 Å². The third-order valence-corrected chi connectivity index (χ3v) is 6.35. The number of piperazine rings is 1. The van der Waals surface area contributed by atoms with Crippen molar-refractivity contribution in [3.8, 4) is 0 Å². The fourth-order valence-electron chi connectivity index (χ4n) is 3.27. The summed E-state index contributed by atoms with van der Waals surface area (Å²) in [6.45, 7) is 2.20. The fraction of sp³-hybridized carbons (Fsp3) is 0.333. The number of nitrogens with zero attached hydrogens (tertiary/aromatic N) is 3. The van der Waals surface area contributed by atoms with Crippen LogP contribution in [0.4, 0.5) is 11.5 Å². The summed E-state index contributed by atoms with van der Waals surface area (Å²) in [6, 6.07) is 14.5. The van der Waals surface area contributed by atoms with Gasteiger partial charge in [0.1, 0.15) is 13.1 Å². The van der Waals surface area contributed by atoms with Gasteiger partial charge >= 0.3 is 10.2 Å². The maximum atomic E-state index is 12.3. The van der Waals surface area contributed by atoms with Crippen LogP contribution in [0.5, 0.6) is 0 Å². The number of carbonyl (C=O) groups is 1. The zero-order chi connectivity index (χ0) is 19.3. The number of benzene rings is 1. The summed E-state index contributed by atoms with van der Waals surface area (Å²) < 4.78 is 24.3. The van der Waals surface area contributed by atoms with E-state index in [1.807, 2.05) is 30.3 Å². The Morgan fingerprint density at radius 3 is 2.37 bits per heavy atom. The van der Waals surface area contributed by atoms with Crippen LogP contribution in [0.15, 0.2) is 54.7 Å². The molecule has 2 heterocycles. The van der Waals surface area contributed by atoms with Crippen molar-refractivity contribution >= 4 is 27.6 Å². The standard InChI is InChI=1S/C18H23N5O3S/c19-27(25,26)23(17-8-4-5-10-20-17)14-12-22(13-15-23)11-9-18(24)21-16-6-2-1-3-7-16/h1-8,10H,9,11-15H2,(H2-,19,21,24,25,26)/p+1. The van der Waals surface area contributed by atoms with Gasteiger partial charge in [0.15, 0.2) is 0 Å². The highest BCUT2D eigenvalue weighted by Crippen LogP contribution is 2.26. The lowest BCUT2D eigenvalue weighted by Gasteiger charge is -2.40. The first kappa shape index (κ1) is 19.4. The van der Waals surface area contributed by atoms with Crippen LogP contribution in [0, 0.1) is 0 Å². The third kappa shape index (κ3) is 4.51. The van der Waals surface area contributed by atoms with Gasteiger partial charge in [-0.2, -0.15) is 17.4 Å². The van der Waals surface area contributed by atoms with Crippen LogP contribution in [0.25, 0.3) is 0 Å². The van der Waals surface area contributed by atoms with E-state index in [0.29, 0.717) is 45.0 Å². The van der Waals surface area contributed by atoms with Gasteiger partial charge in [-0.3, -0.25) is 9.69 Å². The summed E-state index contributed by atoms with van der Waals surface area (Å²) in [7, 11) is -3.87. The minimum atomic E-state index is -3.87. The Kier molecular flexibility index (Phi) is 5.85. The second-order valence-corrected chi connectivity index (χ2v) is 8.27. The number of hydrogen-bond acceptors (Lipinski definition) is 5. The van der Waals surface area contributed by atoms with Crippen molar-refractivity contribution in [2.75, 3.05) is 38.0 Å². The van der Waals surface area contributed by atoms with Crippen molar-refractivity contribution in [3.63, 3.8) is 0 Å². The SMILES string of the molecule is NS(=O)(=O)[N+]1(c2ccccn2)CCN(CCC(=O)Nc2ccccc2)CC1. The van der Waals surface area contributed by atoms with Crippen molar-refractivity contribution < 1.29 is 13.2 Å². The van der Waals surface area contributed by atoms with Gasteiger partial charge in [-0.1, -0.05) is 24.3 Å². The minimum Gasteiger partial charge on any atom is -0.326 e. The average molecular weight is 390 g/mol. The number of nitrogens with two attached hydrogens (primary N) is 1. The van der Waals surface area contributed by atoms with E-state index in [1.54, 1.807) is 24.4 Å². The molecule has 2 aromatic rings. The number of hydrogen-bond donors (Lipinski definition) is 2. The Hall–Kier alpha value is -2.33. The molecule has 27 heavy (non-hydrogen) atoms. The zero-order valence-electron chi connectivity index (χ0n) is 15.0. The Labute approximate surface area is 159 Å². The number of rotatable bonds is 6. The molecule has 0 spiro atoms. The van der Waals surface area contributed by atoms with Crippen molar-refractivity contribution in [3.05, 3.63) is 54.7 Å². The molecule has 8 nitrogen and oxygen atoms in total. The highest BCUT2D eigenvalue weighted by molar-refractivity contribution is 7.88. The predicted molar refractivity (Wildman–Crippen MR) is 105 cm³/mol. The van der Waals surface area contributed by atoms with Gasteiger partial charge in [-0.25, -0.2) is 4.98 Å². The quantitative estimate of drug-likeness (QED) is 0.714. The van der Waals surface area contributed by atoms with Crippen LogP contribution >= 0.6 is 0 Å². The van der Waals surface area contributed by atoms with Crippen LogP contribution in [-0.2, 0) is 15.0 Å². The van der Waals surface area contributed by atoms with E-state index in [-0.39, 0.29) is 9.80 Å². The molecule has 1 aromatic carbocycles. The molecule has 0 aliphatic carbocycles. The molecule has 3 rings (SSSR count). The van der Waals surface area contributed by atoms with E-state index < -0.39 is 10.2 Å². The van der Waals surface area contributed by atoms with Crippen LogP contribution in [-0.4, -0.2) is 56.9 Å². The van der Waals surface area contributed by atoms with E-state index in [0.717, 1.165) is 5.69 Å². The number of carbonyl (C=O) groups excluding carboxylic acids is 1. The van der Waals surface area contributed by atoms with E-state index in [4.69, 9.17) is 5.14 Å². The molecule has 144 valence electrons. The highest BCUT2D eigenvalue weighted by atomic mass is 32.2. The van der Waals surface area contributed by atoms with Gasteiger partial charge in [0.2, 0.25) is 11.7 Å². The number of amides is 1.